The van der Waals surface area contributed by atoms with Crippen LogP contribution in [0.3, 0.4) is 0 Å². The molecule has 0 aliphatic rings. The fourth-order valence-electron chi connectivity index (χ4n) is 9.76. The Morgan fingerprint density at radius 3 is 1.45 bits per heavy atom. The minimum Gasteiger partial charge on any atom is -0.310 e. The van der Waals surface area contributed by atoms with Crippen LogP contribution in [0.4, 0.5) is 17.1 Å². The zero-order valence-corrected chi connectivity index (χ0v) is 35.1. The van der Waals surface area contributed by atoms with Crippen LogP contribution in [0, 0.1) is 0 Å². The van der Waals surface area contributed by atoms with E-state index in [-0.39, 0.29) is 0 Å². The molecule has 12 aromatic rings. The molecule has 11 aromatic carbocycles. The molecule has 1 aromatic heterocycles. The quantitative estimate of drug-likeness (QED) is 0.148. The third-order valence-electron chi connectivity index (χ3n) is 12.8. The molecule has 12 rings (SSSR count). The molecule has 0 N–H and O–H groups in total. The summed E-state index contributed by atoms with van der Waals surface area (Å²) >= 11 is 0. The Labute approximate surface area is 373 Å². The van der Waals surface area contributed by atoms with Crippen molar-refractivity contribution in [2.75, 3.05) is 4.90 Å². The lowest BCUT2D eigenvalue weighted by molar-refractivity contribution is 1.18. The second-order valence-corrected chi connectivity index (χ2v) is 16.5. The number of anilines is 3. The molecule has 0 atom stereocenters. The average molecular weight is 815 g/mol. The van der Waals surface area contributed by atoms with Crippen molar-refractivity contribution in [1.29, 1.82) is 0 Å². The molecule has 64 heavy (non-hydrogen) atoms. The predicted molar refractivity (Wildman–Crippen MR) is 272 cm³/mol. The molecule has 2 heteroatoms. The number of benzene rings is 11. The van der Waals surface area contributed by atoms with Gasteiger partial charge in [-0.2, -0.15) is 0 Å². The Balaban J connectivity index is 0.993. The van der Waals surface area contributed by atoms with E-state index in [0.29, 0.717) is 0 Å². The van der Waals surface area contributed by atoms with Gasteiger partial charge < -0.3 is 9.47 Å². The van der Waals surface area contributed by atoms with Crippen molar-refractivity contribution < 1.29 is 0 Å². The first-order valence-corrected chi connectivity index (χ1v) is 22.0. The fourth-order valence-corrected chi connectivity index (χ4v) is 9.76. The number of hydrogen-bond acceptors (Lipinski definition) is 1. The number of para-hydroxylation sites is 3. The van der Waals surface area contributed by atoms with Crippen LogP contribution in [0.15, 0.2) is 255 Å². The molecule has 0 radical (unpaired) electrons. The van der Waals surface area contributed by atoms with Crippen molar-refractivity contribution in [3.63, 3.8) is 0 Å². The van der Waals surface area contributed by atoms with Crippen LogP contribution in [0.1, 0.15) is 0 Å². The van der Waals surface area contributed by atoms with Crippen LogP contribution >= 0.6 is 0 Å². The first-order valence-electron chi connectivity index (χ1n) is 22.0. The molecule has 0 aliphatic carbocycles. The standard InChI is InChI=1S/C62H42N2/c1-2-16-43(17-3-1)49-40-47-19-5-7-24-55(47)59(42-49)48-21-14-22-52(41-48)63(50-36-32-45(33-37-50)54-28-15-20-44-18-4-6-23-53(44)54)51-38-34-46(35-39-51)56-25-8-11-29-60(56)64-61-30-12-9-26-57(61)58-27-10-13-31-62(58)64/h1-42H. The first-order chi connectivity index (χ1) is 31.7. The Kier molecular flexibility index (Phi) is 9.20. The first kappa shape index (κ1) is 37.3. The maximum atomic E-state index is 2.42. The summed E-state index contributed by atoms with van der Waals surface area (Å²) < 4.78 is 2.42. The van der Waals surface area contributed by atoms with Crippen molar-refractivity contribution in [2.45, 2.75) is 0 Å². The zero-order valence-electron chi connectivity index (χ0n) is 35.1. The van der Waals surface area contributed by atoms with Gasteiger partial charge in [0.25, 0.3) is 0 Å². The third kappa shape index (κ3) is 6.52. The molecule has 0 saturated heterocycles. The molecular formula is C62H42N2. The number of rotatable bonds is 8. The molecule has 0 bridgehead atoms. The lowest BCUT2D eigenvalue weighted by atomic mass is 9.92. The molecule has 0 aliphatic heterocycles. The average Bonchev–Trinajstić information content (AvgIpc) is 3.71. The summed E-state index contributed by atoms with van der Waals surface area (Å²) in [5, 5.41) is 7.47. The lowest BCUT2D eigenvalue weighted by Crippen LogP contribution is -2.10. The maximum absolute atomic E-state index is 2.42. The van der Waals surface area contributed by atoms with Crippen LogP contribution in [0.25, 0.3) is 93.5 Å². The number of nitrogens with zero attached hydrogens (tertiary/aromatic N) is 2. The fraction of sp³-hybridized carbons (Fsp3) is 0. The molecule has 0 spiro atoms. The second-order valence-electron chi connectivity index (χ2n) is 16.5. The van der Waals surface area contributed by atoms with Gasteiger partial charge in [0.2, 0.25) is 0 Å². The highest BCUT2D eigenvalue weighted by Gasteiger charge is 2.18. The molecular weight excluding hydrogens is 773 g/mol. The molecule has 0 saturated carbocycles. The van der Waals surface area contributed by atoms with E-state index in [1.165, 1.54) is 82.3 Å². The highest BCUT2D eigenvalue weighted by Crippen LogP contribution is 2.42. The van der Waals surface area contributed by atoms with Crippen molar-refractivity contribution in [2.24, 2.45) is 0 Å². The molecule has 0 fully saturated rings. The summed E-state index contributed by atoms with van der Waals surface area (Å²) in [5.74, 6) is 0. The highest BCUT2D eigenvalue weighted by atomic mass is 15.1. The van der Waals surface area contributed by atoms with Crippen molar-refractivity contribution in [1.82, 2.24) is 4.57 Å². The minimum atomic E-state index is 1.08. The minimum absolute atomic E-state index is 1.08. The van der Waals surface area contributed by atoms with Crippen LogP contribution in [0.5, 0.6) is 0 Å². The zero-order chi connectivity index (χ0) is 42.4. The third-order valence-corrected chi connectivity index (χ3v) is 12.8. The Morgan fingerprint density at radius 2 is 0.750 bits per heavy atom. The van der Waals surface area contributed by atoms with E-state index < -0.39 is 0 Å². The molecule has 0 amide bonds. The van der Waals surface area contributed by atoms with Crippen LogP contribution in [-0.4, -0.2) is 4.57 Å². The van der Waals surface area contributed by atoms with E-state index in [9.17, 15) is 0 Å². The van der Waals surface area contributed by atoms with Crippen molar-refractivity contribution >= 4 is 60.4 Å². The number of fused-ring (bicyclic) bond motifs is 5. The van der Waals surface area contributed by atoms with E-state index in [1.54, 1.807) is 0 Å². The van der Waals surface area contributed by atoms with E-state index in [2.05, 4.69) is 264 Å². The maximum Gasteiger partial charge on any atom is 0.0541 e. The van der Waals surface area contributed by atoms with Gasteiger partial charge in [-0.3, -0.25) is 0 Å². The monoisotopic (exact) mass is 814 g/mol. The SMILES string of the molecule is c1ccc(-c2cc(-c3cccc(N(c4ccc(-c5ccccc5-n5c6ccccc6c6ccccc65)cc4)c4ccc(-c5cccc6ccccc56)cc4)c3)c3ccccc3c2)cc1. The highest BCUT2D eigenvalue weighted by molar-refractivity contribution is 6.10. The van der Waals surface area contributed by atoms with E-state index in [4.69, 9.17) is 0 Å². The van der Waals surface area contributed by atoms with Gasteiger partial charge in [-0.25, -0.2) is 0 Å². The van der Waals surface area contributed by atoms with Gasteiger partial charge in [0, 0.05) is 33.4 Å². The van der Waals surface area contributed by atoms with Gasteiger partial charge in [-0.15, -0.1) is 0 Å². The van der Waals surface area contributed by atoms with Crippen LogP contribution in [0.2, 0.25) is 0 Å². The van der Waals surface area contributed by atoms with Gasteiger partial charge in [0.15, 0.2) is 0 Å². The van der Waals surface area contributed by atoms with Gasteiger partial charge in [-0.1, -0.05) is 188 Å². The summed E-state index contributed by atoms with van der Waals surface area (Å²) in [6, 6.07) is 92.7. The topological polar surface area (TPSA) is 8.17 Å². The summed E-state index contributed by atoms with van der Waals surface area (Å²) in [5.41, 5.74) is 16.4. The summed E-state index contributed by atoms with van der Waals surface area (Å²) in [6.45, 7) is 0. The van der Waals surface area contributed by atoms with Crippen LogP contribution < -0.4 is 4.90 Å². The Bertz CT molecular complexity index is 3600. The summed E-state index contributed by atoms with van der Waals surface area (Å²) in [7, 11) is 0. The van der Waals surface area contributed by atoms with Gasteiger partial charge >= 0.3 is 0 Å². The second kappa shape index (κ2) is 15.8. The molecule has 1 heterocycles. The van der Waals surface area contributed by atoms with E-state index in [0.717, 1.165) is 28.3 Å². The van der Waals surface area contributed by atoms with Crippen LogP contribution in [-0.2, 0) is 0 Å². The predicted octanol–water partition coefficient (Wildman–Crippen LogP) is 17.2. The summed E-state index contributed by atoms with van der Waals surface area (Å²) in [4.78, 5) is 2.39. The Hall–Kier alpha value is -8.46. The van der Waals surface area contributed by atoms with Gasteiger partial charge in [-0.05, 0) is 127 Å². The molecule has 0 unspecified atom stereocenters. The normalized spacial score (nSPS) is 11.4. The van der Waals surface area contributed by atoms with Gasteiger partial charge in [0.1, 0.15) is 0 Å². The molecule has 300 valence electrons. The smallest absolute Gasteiger partial charge is 0.0541 e. The van der Waals surface area contributed by atoms with Crippen molar-refractivity contribution in [3.8, 4) is 50.2 Å². The number of hydrogen-bond donors (Lipinski definition) is 0. The largest absolute Gasteiger partial charge is 0.310 e. The Morgan fingerprint density at radius 1 is 0.250 bits per heavy atom. The molecule has 2 nitrogen and oxygen atoms in total. The van der Waals surface area contributed by atoms with Crippen molar-refractivity contribution in [3.05, 3.63) is 255 Å². The summed E-state index contributed by atoms with van der Waals surface area (Å²) in [6.07, 6.45) is 0. The van der Waals surface area contributed by atoms with E-state index >= 15 is 0 Å². The number of aromatic nitrogens is 1. The lowest BCUT2D eigenvalue weighted by Gasteiger charge is -2.27. The van der Waals surface area contributed by atoms with Gasteiger partial charge in [0.05, 0.1) is 16.7 Å². The van der Waals surface area contributed by atoms with E-state index in [1.807, 2.05) is 0 Å².